The average molecular weight is 479 g/mol. The molecule has 1 aliphatic carbocycles. The lowest BCUT2D eigenvalue weighted by Gasteiger charge is -2.34. The summed E-state index contributed by atoms with van der Waals surface area (Å²) in [4.78, 5) is 15.7. The number of rotatable bonds is 11. The minimum atomic E-state index is -3.09. The summed E-state index contributed by atoms with van der Waals surface area (Å²) in [6.45, 7) is 8.38. The molecule has 1 aliphatic heterocycles. The number of ether oxygens (including phenoxy) is 2. The summed E-state index contributed by atoms with van der Waals surface area (Å²) in [6.07, 6.45) is 5.93. The number of methoxy groups -OCH3 is 1. The van der Waals surface area contributed by atoms with Crippen LogP contribution in [0.15, 0.2) is 52.7 Å². The highest BCUT2D eigenvalue weighted by molar-refractivity contribution is 7.57. The maximum absolute atomic E-state index is 14.1. The van der Waals surface area contributed by atoms with E-state index in [9.17, 15) is 13.8 Å². The fourth-order valence-corrected chi connectivity index (χ4v) is 5.71. The fourth-order valence-electron chi connectivity index (χ4n) is 4.47. The summed E-state index contributed by atoms with van der Waals surface area (Å²) < 4.78 is 37.4. The lowest BCUT2D eigenvalue weighted by Crippen LogP contribution is -2.35. The molecule has 0 radical (unpaired) electrons. The van der Waals surface area contributed by atoms with Gasteiger partial charge >= 0.3 is 0 Å². The summed E-state index contributed by atoms with van der Waals surface area (Å²) in [6, 6.07) is 7.98. The van der Waals surface area contributed by atoms with Crippen LogP contribution in [0, 0.1) is 11.8 Å². The highest BCUT2D eigenvalue weighted by Gasteiger charge is 2.35. The summed E-state index contributed by atoms with van der Waals surface area (Å²) in [5.74, 6) is 1.80. The molecule has 1 saturated carbocycles. The van der Waals surface area contributed by atoms with Gasteiger partial charge in [0.15, 0.2) is 7.37 Å². The molecule has 1 aromatic rings. The molecule has 1 heterocycles. The van der Waals surface area contributed by atoms with Gasteiger partial charge in [0, 0.05) is 32.0 Å². The quantitative estimate of drug-likeness (QED) is 0.195. The zero-order valence-corrected chi connectivity index (χ0v) is 20.8. The van der Waals surface area contributed by atoms with Crippen LogP contribution in [-0.2, 0) is 9.30 Å². The van der Waals surface area contributed by atoms with E-state index in [4.69, 9.17) is 9.47 Å². The third-order valence-corrected chi connectivity index (χ3v) is 7.50. The molecule has 0 aromatic heterocycles. The van der Waals surface area contributed by atoms with Crippen LogP contribution in [0.5, 0.6) is 5.75 Å². The lowest BCUT2D eigenvalue weighted by molar-refractivity contribution is 0.163. The summed E-state index contributed by atoms with van der Waals surface area (Å²) in [7, 11) is -1.60. The summed E-state index contributed by atoms with van der Waals surface area (Å²) in [5.41, 5.74) is 1.57. The molecule has 33 heavy (non-hydrogen) atoms. The van der Waals surface area contributed by atoms with Crippen LogP contribution in [0.25, 0.3) is 0 Å². The van der Waals surface area contributed by atoms with E-state index in [0.717, 1.165) is 50.1 Å². The minimum absolute atomic E-state index is 0.113. The van der Waals surface area contributed by atoms with Gasteiger partial charge in [0.1, 0.15) is 11.6 Å². The third-order valence-electron chi connectivity index (χ3n) is 6.43. The van der Waals surface area contributed by atoms with Crippen LogP contribution in [0.2, 0.25) is 0 Å². The molecule has 3 rings (SSSR count). The van der Waals surface area contributed by atoms with Crippen molar-refractivity contribution < 1.29 is 23.3 Å². The molecule has 2 fully saturated rings. The molecule has 8 heteroatoms. The van der Waals surface area contributed by atoms with Gasteiger partial charge in [0.05, 0.1) is 19.4 Å². The van der Waals surface area contributed by atoms with E-state index in [2.05, 4.69) is 11.7 Å². The second kappa shape index (κ2) is 11.3. The Labute approximate surface area is 196 Å². The molecule has 2 aliphatic rings. The molecule has 0 spiro atoms. The standard InChI is InChI=1S/C25H36FN2O4P/c1-18(26)24(15-25(27-2)31-3)28-12-10-19(11-13-28)16-32-22-7-5-6-21(14-22)23(20-8-9-20)17-33(4,29)30/h5-7,14-15,19-20,23H,2,8-13,16-17H2,1,3-4H3,(H,29,30)/b24-18-,25-15+/t23-/m0/s1. The normalized spacial score (nSPS) is 21.1. The van der Waals surface area contributed by atoms with Gasteiger partial charge in [0.25, 0.3) is 0 Å². The molecule has 1 unspecified atom stereocenters. The number of nitrogens with zero attached hydrogens (tertiary/aromatic N) is 2. The van der Waals surface area contributed by atoms with Crippen LogP contribution in [0.3, 0.4) is 0 Å². The summed E-state index contributed by atoms with van der Waals surface area (Å²) >= 11 is 0. The number of hydrogen-bond donors (Lipinski definition) is 1. The van der Waals surface area contributed by atoms with Crippen LogP contribution in [-0.4, -0.2) is 56.1 Å². The van der Waals surface area contributed by atoms with Crippen LogP contribution in [0.1, 0.15) is 44.1 Å². The minimum Gasteiger partial charge on any atom is -0.493 e. The van der Waals surface area contributed by atoms with E-state index < -0.39 is 7.37 Å². The van der Waals surface area contributed by atoms with Crippen molar-refractivity contribution in [1.29, 1.82) is 0 Å². The Bertz CT molecular complexity index is 926. The van der Waals surface area contributed by atoms with Crippen molar-refractivity contribution in [3.8, 4) is 5.75 Å². The van der Waals surface area contributed by atoms with E-state index in [-0.39, 0.29) is 17.6 Å². The first kappa shape index (κ1) is 25.5. The van der Waals surface area contributed by atoms with Crippen molar-refractivity contribution in [2.75, 3.05) is 39.6 Å². The first-order valence-electron chi connectivity index (χ1n) is 11.6. The van der Waals surface area contributed by atoms with E-state index in [1.807, 2.05) is 29.2 Å². The maximum atomic E-state index is 14.1. The van der Waals surface area contributed by atoms with Crippen LogP contribution in [0.4, 0.5) is 4.39 Å². The lowest BCUT2D eigenvalue weighted by atomic mass is 9.95. The predicted octanol–water partition coefficient (Wildman–Crippen LogP) is 5.56. The Morgan fingerprint density at radius 2 is 2.06 bits per heavy atom. The number of likely N-dealkylation sites (tertiary alicyclic amines) is 1. The van der Waals surface area contributed by atoms with Gasteiger partial charge in [-0.25, -0.2) is 9.38 Å². The van der Waals surface area contributed by atoms with Gasteiger partial charge in [0.2, 0.25) is 5.88 Å². The smallest absolute Gasteiger partial charge is 0.214 e. The van der Waals surface area contributed by atoms with Gasteiger partial charge in [-0.3, -0.25) is 4.57 Å². The second-order valence-electron chi connectivity index (χ2n) is 9.25. The molecule has 6 nitrogen and oxygen atoms in total. The molecular formula is C25H36FN2O4P. The molecule has 182 valence electrons. The molecule has 1 aromatic carbocycles. The van der Waals surface area contributed by atoms with Gasteiger partial charge in [-0.1, -0.05) is 12.1 Å². The zero-order chi connectivity index (χ0) is 24.0. The zero-order valence-electron chi connectivity index (χ0n) is 19.9. The number of allylic oxidation sites excluding steroid dienone is 2. The molecule has 1 N–H and O–H groups in total. The molecule has 2 atom stereocenters. The molecular weight excluding hydrogens is 442 g/mol. The summed E-state index contributed by atoms with van der Waals surface area (Å²) in [5, 5.41) is 0. The third kappa shape index (κ3) is 7.72. The van der Waals surface area contributed by atoms with Crippen molar-refractivity contribution >= 4 is 14.1 Å². The van der Waals surface area contributed by atoms with Crippen LogP contribution >= 0.6 is 7.37 Å². The maximum Gasteiger partial charge on any atom is 0.214 e. The largest absolute Gasteiger partial charge is 0.493 e. The van der Waals surface area contributed by atoms with Gasteiger partial charge in [-0.15, -0.1) is 0 Å². The Kier molecular flexibility index (Phi) is 8.77. The van der Waals surface area contributed by atoms with E-state index in [1.54, 1.807) is 6.08 Å². The Balaban J connectivity index is 1.56. The topological polar surface area (TPSA) is 71.4 Å². The SMILES string of the molecule is C=N/C(=C\C(=C(/C)F)N1CCC(COc2cccc([C@@H](CP(C)(=O)O)C3CC3)c2)CC1)OC. The monoisotopic (exact) mass is 478 g/mol. The van der Waals surface area contributed by atoms with Crippen molar-refractivity contribution in [1.82, 2.24) is 4.90 Å². The Morgan fingerprint density at radius 1 is 1.36 bits per heavy atom. The number of hydrogen-bond acceptors (Lipinski definition) is 5. The highest BCUT2D eigenvalue weighted by Crippen LogP contribution is 2.50. The van der Waals surface area contributed by atoms with E-state index in [0.29, 0.717) is 30.3 Å². The van der Waals surface area contributed by atoms with E-state index in [1.165, 1.54) is 20.7 Å². The average Bonchev–Trinajstić information content (AvgIpc) is 3.62. The first-order valence-corrected chi connectivity index (χ1v) is 13.8. The predicted molar refractivity (Wildman–Crippen MR) is 131 cm³/mol. The Morgan fingerprint density at radius 3 is 2.61 bits per heavy atom. The number of benzene rings is 1. The highest BCUT2D eigenvalue weighted by atomic mass is 31.2. The molecule has 0 amide bonds. The molecule has 0 bridgehead atoms. The number of halogens is 1. The van der Waals surface area contributed by atoms with Crippen molar-refractivity contribution in [2.45, 2.75) is 38.5 Å². The van der Waals surface area contributed by atoms with E-state index >= 15 is 0 Å². The fraction of sp³-hybridized carbons (Fsp3) is 0.560. The number of aliphatic imine (C=N–C) groups is 1. The van der Waals surface area contributed by atoms with Crippen molar-refractivity contribution in [3.63, 3.8) is 0 Å². The van der Waals surface area contributed by atoms with Crippen molar-refractivity contribution in [2.24, 2.45) is 16.8 Å². The first-order chi connectivity index (χ1) is 15.7. The van der Waals surface area contributed by atoms with Crippen LogP contribution < -0.4 is 4.74 Å². The number of piperidine rings is 1. The van der Waals surface area contributed by atoms with Gasteiger partial charge in [-0.2, -0.15) is 0 Å². The molecule has 1 saturated heterocycles. The van der Waals surface area contributed by atoms with Gasteiger partial charge < -0.3 is 19.3 Å². The van der Waals surface area contributed by atoms with Gasteiger partial charge in [-0.05, 0) is 74.8 Å². The second-order valence-corrected chi connectivity index (χ2v) is 11.7. The van der Waals surface area contributed by atoms with Crippen molar-refractivity contribution in [3.05, 3.63) is 53.3 Å². The Hall–Kier alpha value is -2.11.